The van der Waals surface area contributed by atoms with Gasteiger partial charge in [-0.1, -0.05) is 36.4 Å². The maximum atomic E-state index is 12.5. The number of morpholine rings is 1. The van der Waals surface area contributed by atoms with Crippen LogP contribution in [0.15, 0.2) is 60.9 Å². The Morgan fingerprint density at radius 1 is 1.00 bits per heavy atom. The normalized spacial score (nSPS) is 16.2. The van der Waals surface area contributed by atoms with Crippen molar-refractivity contribution in [3.63, 3.8) is 0 Å². The molecule has 6 rings (SSSR count). The van der Waals surface area contributed by atoms with E-state index in [4.69, 9.17) is 29.5 Å². The SMILES string of the molecule is CC(C)(C)OC(=O)N1CC=C(c2cnc3c(N4CCOCC4)nc(-n4ccc(-c5ccccc5)n4)nc3c2)CC1. The number of amides is 1. The van der Waals surface area contributed by atoms with Crippen LogP contribution in [0.4, 0.5) is 10.6 Å². The lowest BCUT2D eigenvalue weighted by Crippen LogP contribution is -2.39. The molecule has 4 aromatic rings. The van der Waals surface area contributed by atoms with Crippen LogP contribution in [0.1, 0.15) is 32.8 Å². The van der Waals surface area contributed by atoms with Gasteiger partial charge in [-0.05, 0) is 50.5 Å². The summed E-state index contributed by atoms with van der Waals surface area (Å²) in [5, 5.41) is 4.77. The molecule has 0 spiro atoms. The first-order valence-corrected chi connectivity index (χ1v) is 13.6. The molecule has 5 heterocycles. The van der Waals surface area contributed by atoms with Gasteiger partial charge in [-0.25, -0.2) is 14.5 Å². The zero-order chi connectivity index (χ0) is 27.7. The van der Waals surface area contributed by atoms with Crippen LogP contribution in [0.2, 0.25) is 0 Å². The van der Waals surface area contributed by atoms with Gasteiger partial charge in [0.2, 0.25) is 0 Å². The minimum absolute atomic E-state index is 0.291. The fourth-order valence-electron chi connectivity index (χ4n) is 4.89. The van der Waals surface area contributed by atoms with Gasteiger partial charge in [-0.3, -0.25) is 4.98 Å². The molecule has 0 aliphatic carbocycles. The van der Waals surface area contributed by atoms with E-state index in [1.807, 2.05) is 69.6 Å². The molecular formula is C30H33N7O3. The highest BCUT2D eigenvalue weighted by molar-refractivity contribution is 5.88. The van der Waals surface area contributed by atoms with Gasteiger partial charge in [-0.15, -0.1) is 0 Å². The Bertz CT molecular complexity index is 1550. The van der Waals surface area contributed by atoms with E-state index >= 15 is 0 Å². The average Bonchev–Trinajstić information content (AvgIpc) is 3.47. The molecule has 2 aliphatic heterocycles. The summed E-state index contributed by atoms with van der Waals surface area (Å²) in [7, 11) is 0. The van der Waals surface area contributed by atoms with Crippen molar-refractivity contribution in [1.82, 2.24) is 29.6 Å². The van der Waals surface area contributed by atoms with Crippen molar-refractivity contribution in [2.45, 2.75) is 32.8 Å². The third-order valence-corrected chi connectivity index (χ3v) is 6.91. The smallest absolute Gasteiger partial charge is 0.410 e. The van der Waals surface area contributed by atoms with Crippen molar-refractivity contribution in [2.24, 2.45) is 0 Å². The number of hydrogen-bond acceptors (Lipinski definition) is 8. The first kappa shape index (κ1) is 25.9. The molecule has 0 radical (unpaired) electrons. The van der Waals surface area contributed by atoms with Crippen molar-refractivity contribution in [2.75, 3.05) is 44.3 Å². The third kappa shape index (κ3) is 5.53. The minimum Gasteiger partial charge on any atom is -0.444 e. The molecule has 206 valence electrons. The van der Waals surface area contributed by atoms with Crippen LogP contribution in [0, 0.1) is 0 Å². The molecule has 1 aromatic carbocycles. The summed E-state index contributed by atoms with van der Waals surface area (Å²) in [6.07, 6.45) is 6.26. The van der Waals surface area contributed by atoms with E-state index in [0.29, 0.717) is 38.7 Å². The van der Waals surface area contributed by atoms with E-state index in [-0.39, 0.29) is 6.09 Å². The molecule has 2 aliphatic rings. The zero-order valence-electron chi connectivity index (χ0n) is 23.1. The molecule has 0 N–H and O–H groups in total. The Kier molecular flexibility index (Phi) is 6.93. The fourth-order valence-corrected chi connectivity index (χ4v) is 4.89. The topological polar surface area (TPSA) is 98.5 Å². The Morgan fingerprint density at radius 3 is 2.52 bits per heavy atom. The van der Waals surface area contributed by atoms with Crippen molar-refractivity contribution in [3.05, 3.63) is 66.5 Å². The van der Waals surface area contributed by atoms with Crippen molar-refractivity contribution in [1.29, 1.82) is 0 Å². The van der Waals surface area contributed by atoms with Crippen molar-refractivity contribution < 1.29 is 14.3 Å². The van der Waals surface area contributed by atoms with E-state index < -0.39 is 5.60 Å². The van der Waals surface area contributed by atoms with E-state index in [0.717, 1.165) is 52.3 Å². The minimum atomic E-state index is -0.518. The number of aromatic nitrogens is 5. The summed E-state index contributed by atoms with van der Waals surface area (Å²) in [6.45, 7) is 9.45. The van der Waals surface area contributed by atoms with Gasteiger partial charge in [0.15, 0.2) is 5.82 Å². The largest absolute Gasteiger partial charge is 0.444 e. The first-order chi connectivity index (χ1) is 19.3. The van der Waals surface area contributed by atoms with Crippen LogP contribution in [-0.4, -0.2) is 80.7 Å². The summed E-state index contributed by atoms with van der Waals surface area (Å²) in [5.41, 5.74) is 4.98. The van der Waals surface area contributed by atoms with Gasteiger partial charge in [-0.2, -0.15) is 10.1 Å². The lowest BCUT2D eigenvalue weighted by Gasteiger charge is -2.30. The van der Waals surface area contributed by atoms with Gasteiger partial charge in [0.1, 0.15) is 11.1 Å². The Balaban J connectivity index is 1.34. The lowest BCUT2D eigenvalue weighted by molar-refractivity contribution is 0.0270. The average molecular weight is 540 g/mol. The zero-order valence-corrected chi connectivity index (χ0v) is 23.1. The monoisotopic (exact) mass is 539 g/mol. The van der Waals surface area contributed by atoms with Crippen LogP contribution < -0.4 is 4.90 Å². The maximum absolute atomic E-state index is 12.5. The van der Waals surface area contributed by atoms with Crippen molar-refractivity contribution >= 4 is 28.5 Å². The molecule has 0 saturated carbocycles. The summed E-state index contributed by atoms with van der Waals surface area (Å²) < 4.78 is 12.8. The highest BCUT2D eigenvalue weighted by atomic mass is 16.6. The van der Waals surface area contributed by atoms with E-state index in [1.54, 1.807) is 9.58 Å². The lowest BCUT2D eigenvalue weighted by atomic mass is 10.0. The first-order valence-electron chi connectivity index (χ1n) is 13.6. The number of carbonyl (C=O) groups is 1. The molecule has 3 aromatic heterocycles. The molecule has 10 nitrogen and oxygen atoms in total. The molecule has 10 heteroatoms. The summed E-state index contributed by atoms with van der Waals surface area (Å²) in [4.78, 5) is 31.1. The molecule has 40 heavy (non-hydrogen) atoms. The van der Waals surface area contributed by atoms with Crippen LogP contribution >= 0.6 is 0 Å². The Hall–Kier alpha value is -4.31. The van der Waals surface area contributed by atoms with Crippen LogP contribution in [-0.2, 0) is 9.47 Å². The van der Waals surface area contributed by atoms with Gasteiger partial charge in [0.25, 0.3) is 5.95 Å². The molecule has 1 fully saturated rings. The molecule has 0 bridgehead atoms. The van der Waals surface area contributed by atoms with Crippen LogP contribution in [0.3, 0.4) is 0 Å². The van der Waals surface area contributed by atoms with Crippen LogP contribution in [0.25, 0.3) is 33.8 Å². The Labute approximate surface area is 233 Å². The Morgan fingerprint density at radius 2 is 1.80 bits per heavy atom. The summed E-state index contributed by atoms with van der Waals surface area (Å²) >= 11 is 0. The number of rotatable bonds is 4. The third-order valence-electron chi connectivity index (χ3n) is 6.91. The molecule has 0 atom stereocenters. The standard InChI is InChI=1S/C30H33N7O3/c1-30(2,3)40-29(38)36-12-9-21(10-13-36)23-19-25-26(31-20-23)27(35-15-17-39-18-16-35)33-28(32-25)37-14-11-24(34-37)22-7-5-4-6-8-22/h4-9,11,14,19-20H,10,12-13,15-18H2,1-3H3. The second kappa shape index (κ2) is 10.7. The van der Waals surface area contributed by atoms with Gasteiger partial charge in [0, 0.05) is 44.1 Å². The summed E-state index contributed by atoms with van der Waals surface area (Å²) in [5.74, 6) is 1.27. The quantitative estimate of drug-likeness (QED) is 0.367. The van der Waals surface area contributed by atoms with E-state index in [9.17, 15) is 4.79 Å². The van der Waals surface area contributed by atoms with Gasteiger partial charge < -0.3 is 19.3 Å². The molecule has 0 unspecified atom stereocenters. The molecule has 1 amide bonds. The number of fused-ring (bicyclic) bond motifs is 1. The number of benzene rings is 1. The number of nitrogens with zero attached hydrogens (tertiary/aromatic N) is 7. The van der Waals surface area contributed by atoms with Gasteiger partial charge in [0.05, 0.1) is 24.4 Å². The maximum Gasteiger partial charge on any atom is 0.410 e. The van der Waals surface area contributed by atoms with Gasteiger partial charge >= 0.3 is 6.09 Å². The number of carbonyl (C=O) groups excluding carboxylic acids is 1. The number of hydrogen-bond donors (Lipinski definition) is 0. The second-order valence-corrected chi connectivity index (χ2v) is 11.0. The number of anilines is 1. The molecule has 1 saturated heterocycles. The number of pyridine rings is 1. The highest BCUT2D eigenvalue weighted by Gasteiger charge is 2.25. The van der Waals surface area contributed by atoms with E-state index in [1.165, 1.54) is 0 Å². The molecular weight excluding hydrogens is 506 g/mol. The highest BCUT2D eigenvalue weighted by Crippen LogP contribution is 2.29. The van der Waals surface area contributed by atoms with Crippen molar-refractivity contribution in [3.8, 4) is 17.2 Å². The fraction of sp³-hybridized carbons (Fsp3) is 0.367. The number of ether oxygens (including phenoxy) is 2. The predicted octanol–water partition coefficient (Wildman–Crippen LogP) is 4.74. The van der Waals surface area contributed by atoms with Crippen LogP contribution in [0.5, 0.6) is 0 Å². The van der Waals surface area contributed by atoms with E-state index in [2.05, 4.69) is 17.0 Å². The predicted molar refractivity (Wildman–Crippen MR) is 153 cm³/mol. The second-order valence-electron chi connectivity index (χ2n) is 11.0. The summed E-state index contributed by atoms with van der Waals surface area (Å²) in [6, 6.07) is 14.1.